The first-order valence-corrected chi connectivity index (χ1v) is 10.7. The lowest BCUT2D eigenvalue weighted by Gasteiger charge is -2.39. The summed E-state index contributed by atoms with van der Waals surface area (Å²) in [4.78, 5) is 26.7. The van der Waals surface area contributed by atoms with E-state index in [9.17, 15) is 9.59 Å². The molecule has 3 N–H and O–H groups in total. The number of amides is 1. The summed E-state index contributed by atoms with van der Waals surface area (Å²) in [6, 6.07) is 24.3. The van der Waals surface area contributed by atoms with Gasteiger partial charge in [-0.15, -0.1) is 0 Å². The summed E-state index contributed by atoms with van der Waals surface area (Å²) in [5.74, 6) is -0.889. The van der Waals surface area contributed by atoms with E-state index in [-0.39, 0.29) is 5.92 Å². The summed E-state index contributed by atoms with van der Waals surface area (Å²) in [5.41, 5.74) is 9.62. The van der Waals surface area contributed by atoms with Crippen molar-refractivity contribution in [2.24, 2.45) is 5.73 Å². The highest BCUT2D eigenvalue weighted by Crippen LogP contribution is 2.42. The number of para-hydroxylation sites is 2. The number of anilines is 2. The van der Waals surface area contributed by atoms with Crippen molar-refractivity contribution in [3.05, 3.63) is 90.0 Å². The van der Waals surface area contributed by atoms with E-state index >= 15 is 0 Å². The van der Waals surface area contributed by atoms with E-state index in [0.29, 0.717) is 5.75 Å². The van der Waals surface area contributed by atoms with Crippen molar-refractivity contribution in [1.29, 1.82) is 0 Å². The van der Waals surface area contributed by atoms with Crippen molar-refractivity contribution >= 4 is 23.3 Å². The first-order chi connectivity index (χ1) is 15.6. The van der Waals surface area contributed by atoms with Crippen LogP contribution in [-0.4, -0.2) is 29.6 Å². The zero-order valence-electron chi connectivity index (χ0n) is 17.7. The van der Waals surface area contributed by atoms with Gasteiger partial charge in [0.1, 0.15) is 18.4 Å². The first-order valence-electron chi connectivity index (χ1n) is 10.7. The van der Waals surface area contributed by atoms with Gasteiger partial charge in [0.2, 0.25) is 5.91 Å². The molecule has 1 aliphatic carbocycles. The summed E-state index contributed by atoms with van der Waals surface area (Å²) in [6.07, 6.45) is 2.32. The Morgan fingerprint density at radius 3 is 2.16 bits per heavy atom. The standard InChI is InChI=1S/C26H26N2O4/c27-26(31)25(28(18-9-3-1-4-10-18)19-11-5-2-6-12-19)22-15-7-14-21-20(22)13-8-16-23(21)32-24(30)17-29/h1-6,8-13,16,22,25,29H,7,14-15,17H2,(H2,27,31). The Morgan fingerprint density at radius 2 is 1.59 bits per heavy atom. The van der Waals surface area contributed by atoms with Gasteiger partial charge in [-0.3, -0.25) is 4.79 Å². The zero-order valence-corrected chi connectivity index (χ0v) is 17.7. The largest absolute Gasteiger partial charge is 0.425 e. The summed E-state index contributed by atoms with van der Waals surface area (Å²) in [5, 5.41) is 9.10. The van der Waals surface area contributed by atoms with Crippen LogP contribution in [0.1, 0.15) is 29.9 Å². The smallest absolute Gasteiger partial charge is 0.337 e. The lowest BCUT2D eigenvalue weighted by molar-refractivity contribution is -0.137. The van der Waals surface area contributed by atoms with E-state index in [4.69, 9.17) is 15.6 Å². The number of esters is 1. The number of aliphatic hydroxyl groups excluding tert-OH is 1. The van der Waals surface area contributed by atoms with E-state index in [1.807, 2.05) is 77.7 Å². The molecule has 0 bridgehead atoms. The zero-order chi connectivity index (χ0) is 22.5. The van der Waals surface area contributed by atoms with Crippen molar-refractivity contribution in [2.45, 2.75) is 31.2 Å². The Balaban J connectivity index is 1.82. The van der Waals surface area contributed by atoms with Gasteiger partial charge in [-0.05, 0) is 60.7 Å². The van der Waals surface area contributed by atoms with Crippen LogP contribution in [0.3, 0.4) is 0 Å². The lowest BCUT2D eigenvalue weighted by atomic mass is 9.77. The van der Waals surface area contributed by atoms with E-state index < -0.39 is 24.5 Å². The Hall–Kier alpha value is -3.64. The molecule has 0 radical (unpaired) electrons. The van der Waals surface area contributed by atoms with Crippen LogP contribution >= 0.6 is 0 Å². The number of aliphatic hydroxyl groups is 1. The summed E-state index contributed by atoms with van der Waals surface area (Å²) in [6.45, 7) is -0.688. The van der Waals surface area contributed by atoms with Crippen LogP contribution in [0.25, 0.3) is 0 Å². The molecular weight excluding hydrogens is 404 g/mol. The molecule has 0 fully saturated rings. The number of hydrogen-bond acceptors (Lipinski definition) is 5. The van der Waals surface area contributed by atoms with Gasteiger partial charge in [0.15, 0.2) is 0 Å². The van der Waals surface area contributed by atoms with Crippen LogP contribution in [0.5, 0.6) is 5.75 Å². The molecule has 1 amide bonds. The molecule has 0 saturated carbocycles. The van der Waals surface area contributed by atoms with Gasteiger partial charge in [0, 0.05) is 17.3 Å². The van der Waals surface area contributed by atoms with Gasteiger partial charge < -0.3 is 20.5 Å². The fourth-order valence-corrected chi connectivity index (χ4v) is 4.58. The third kappa shape index (κ3) is 4.36. The Morgan fingerprint density at radius 1 is 0.969 bits per heavy atom. The molecule has 6 nitrogen and oxygen atoms in total. The van der Waals surface area contributed by atoms with Gasteiger partial charge in [0.25, 0.3) is 0 Å². The fourth-order valence-electron chi connectivity index (χ4n) is 4.58. The molecule has 1 aliphatic rings. The predicted molar refractivity (Wildman–Crippen MR) is 123 cm³/mol. The molecule has 0 aliphatic heterocycles. The van der Waals surface area contributed by atoms with E-state index in [1.165, 1.54) is 0 Å². The van der Waals surface area contributed by atoms with Crippen LogP contribution in [0.15, 0.2) is 78.9 Å². The topological polar surface area (TPSA) is 92.9 Å². The number of hydrogen-bond donors (Lipinski definition) is 2. The number of benzene rings is 3. The number of ether oxygens (including phenoxy) is 1. The number of nitrogens with two attached hydrogens (primary N) is 1. The second-order valence-electron chi connectivity index (χ2n) is 7.84. The minimum Gasteiger partial charge on any atom is -0.425 e. The quantitative estimate of drug-likeness (QED) is 0.440. The van der Waals surface area contributed by atoms with Gasteiger partial charge in [0.05, 0.1) is 0 Å². The van der Waals surface area contributed by atoms with E-state index in [2.05, 4.69) is 0 Å². The number of fused-ring (bicyclic) bond motifs is 1. The third-order valence-corrected chi connectivity index (χ3v) is 5.88. The van der Waals surface area contributed by atoms with Crippen molar-refractivity contribution in [3.63, 3.8) is 0 Å². The van der Waals surface area contributed by atoms with Gasteiger partial charge >= 0.3 is 5.97 Å². The summed E-state index contributed by atoms with van der Waals surface area (Å²) < 4.78 is 5.36. The van der Waals surface area contributed by atoms with Crippen LogP contribution in [-0.2, 0) is 16.0 Å². The Bertz CT molecular complexity index is 1050. The minimum atomic E-state index is -0.706. The molecule has 0 spiro atoms. The highest BCUT2D eigenvalue weighted by molar-refractivity contribution is 5.88. The SMILES string of the molecule is NC(=O)C(C1CCCc2c(OC(=O)CO)cccc21)N(c1ccccc1)c1ccccc1. The molecular formula is C26H26N2O4. The highest BCUT2D eigenvalue weighted by Gasteiger charge is 2.37. The number of rotatable bonds is 7. The molecule has 6 heteroatoms. The Kier molecular flexibility index (Phi) is 6.52. The number of carbonyl (C=O) groups excluding carboxylic acids is 2. The fraction of sp³-hybridized carbons (Fsp3) is 0.231. The van der Waals surface area contributed by atoms with Crippen LogP contribution in [0, 0.1) is 0 Å². The number of carbonyl (C=O) groups is 2. The molecule has 0 aromatic heterocycles. The molecule has 2 unspecified atom stereocenters. The number of nitrogens with zero attached hydrogens (tertiary/aromatic N) is 1. The maximum absolute atomic E-state index is 13.0. The molecule has 32 heavy (non-hydrogen) atoms. The summed E-state index contributed by atoms with van der Waals surface area (Å²) >= 11 is 0. The molecule has 0 heterocycles. The summed E-state index contributed by atoms with van der Waals surface area (Å²) in [7, 11) is 0. The maximum atomic E-state index is 13.0. The minimum absolute atomic E-state index is 0.190. The Labute approximate surface area is 187 Å². The van der Waals surface area contributed by atoms with Crippen molar-refractivity contribution < 1.29 is 19.4 Å². The van der Waals surface area contributed by atoms with Gasteiger partial charge in [-0.1, -0.05) is 48.5 Å². The highest BCUT2D eigenvalue weighted by atomic mass is 16.5. The number of primary amides is 1. The molecule has 164 valence electrons. The van der Waals surface area contributed by atoms with Crippen LogP contribution in [0.4, 0.5) is 11.4 Å². The molecule has 3 aromatic carbocycles. The average Bonchev–Trinajstić information content (AvgIpc) is 2.83. The molecule has 2 atom stereocenters. The predicted octanol–water partition coefficient (Wildman–Crippen LogP) is 3.70. The maximum Gasteiger partial charge on any atom is 0.337 e. The van der Waals surface area contributed by atoms with Crippen LogP contribution in [0.2, 0.25) is 0 Å². The van der Waals surface area contributed by atoms with E-state index in [1.54, 1.807) is 6.07 Å². The molecule has 3 aromatic rings. The van der Waals surface area contributed by atoms with Crippen molar-refractivity contribution in [1.82, 2.24) is 0 Å². The monoisotopic (exact) mass is 430 g/mol. The van der Waals surface area contributed by atoms with Crippen molar-refractivity contribution in [2.75, 3.05) is 11.5 Å². The molecule has 4 rings (SSSR count). The van der Waals surface area contributed by atoms with Crippen LogP contribution < -0.4 is 15.4 Å². The second-order valence-corrected chi connectivity index (χ2v) is 7.84. The van der Waals surface area contributed by atoms with Gasteiger partial charge in [-0.25, -0.2) is 4.79 Å². The van der Waals surface area contributed by atoms with Gasteiger partial charge in [-0.2, -0.15) is 0 Å². The third-order valence-electron chi connectivity index (χ3n) is 5.88. The molecule has 0 saturated heterocycles. The first kappa shape index (κ1) is 21.6. The van der Waals surface area contributed by atoms with Crippen molar-refractivity contribution in [3.8, 4) is 5.75 Å². The average molecular weight is 431 g/mol. The normalized spacial score (nSPS) is 16.0. The lowest BCUT2D eigenvalue weighted by Crippen LogP contribution is -2.47. The van der Waals surface area contributed by atoms with E-state index in [0.717, 1.165) is 41.8 Å². The second kappa shape index (κ2) is 9.66.